The fourth-order valence-corrected chi connectivity index (χ4v) is 4.02. The maximum atomic E-state index is 12.5. The minimum atomic E-state index is -0.259. The van der Waals surface area contributed by atoms with Crippen LogP contribution in [0.25, 0.3) is 0 Å². The number of fused-ring (bicyclic) bond motifs is 1. The lowest BCUT2D eigenvalue weighted by atomic mass is 10.0. The van der Waals surface area contributed by atoms with Gasteiger partial charge in [0, 0.05) is 26.2 Å². The molecule has 1 aliphatic carbocycles. The van der Waals surface area contributed by atoms with E-state index in [4.69, 9.17) is 4.74 Å². The summed E-state index contributed by atoms with van der Waals surface area (Å²) in [7, 11) is 0. The molecule has 3 fully saturated rings. The van der Waals surface area contributed by atoms with Crippen LogP contribution in [0.5, 0.6) is 0 Å². The molecule has 1 unspecified atom stereocenters. The van der Waals surface area contributed by atoms with Crippen molar-refractivity contribution in [3.63, 3.8) is 0 Å². The van der Waals surface area contributed by atoms with Crippen molar-refractivity contribution in [1.29, 1.82) is 0 Å². The quantitative estimate of drug-likeness (QED) is 0.812. The SMILES string of the molecule is CC(OC1CCCCCC1)C(=O)N1C[C@H]2CNC[C@H]2C1.Cl. The van der Waals surface area contributed by atoms with E-state index < -0.39 is 0 Å². The van der Waals surface area contributed by atoms with Gasteiger partial charge < -0.3 is 15.0 Å². The molecule has 4 nitrogen and oxygen atoms in total. The van der Waals surface area contributed by atoms with Crippen LogP contribution in [0.4, 0.5) is 0 Å². The van der Waals surface area contributed by atoms with Crippen molar-refractivity contribution >= 4 is 18.3 Å². The lowest BCUT2D eigenvalue weighted by Gasteiger charge is -2.25. The van der Waals surface area contributed by atoms with Gasteiger partial charge in [-0.3, -0.25) is 4.79 Å². The van der Waals surface area contributed by atoms with Crippen molar-refractivity contribution in [3.05, 3.63) is 0 Å². The Morgan fingerprint density at radius 3 is 2.24 bits per heavy atom. The number of halogens is 1. The highest BCUT2D eigenvalue weighted by Crippen LogP contribution is 2.27. The number of ether oxygens (including phenoxy) is 1. The summed E-state index contributed by atoms with van der Waals surface area (Å²) in [5.74, 6) is 1.55. The predicted octanol–water partition coefficient (Wildman–Crippen LogP) is 2.21. The van der Waals surface area contributed by atoms with Crippen LogP contribution in [0, 0.1) is 11.8 Å². The standard InChI is InChI=1S/C16H28N2O2.ClH/c1-12(20-15-6-4-2-3-5-7-15)16(19)18-10-13-8-17-9-14(13)11-18;/h12-15,17H,2-11H2,1H3;1H/t12?,13-,14+;. The van der Waals surface area contributed by atoms with Gasteiger partial charge >= 0.3 is 0 Å². The van der Waals surface area contributed by atoms with Gasteiger partial charge in [0.15, 0.2) is 0 Å². The fourth-order valence-electron chi connectivity index (χ4n) is 4.02. The van der Waals surface area contributed by atoms with Gasteiger partial charge in [0.2, 0.25) is 0 Å². The van der Waals surface area contributed by atoms with Crippen molar-refractivity contribution in [2.24, 2.45) is 11.8 Å². The summed E-state index contributed by atoms with van der Waals surface area (Å²) in [5.41, 5.74) is 0. The van der Waals surface area contributed by atoms with Gasteiger partial charge in [-0.15, -0.1) is 12.4 Å². The molecule has 0 spiro atoms. The van der Waals surface area contributed by atoms with Gasteiger partial charge in [-0.25, -0.2) is 0 Å². The largest absolute Gasteiger partial charge is 0.365 e. The van der Waals surface area contributed by atoms with Crippen LogP contribution in [0.15, 0.2) is 0 Å². The number of rotatable bonds is 3. The Hall–Kier alpha value is -0.320. The van der Waals surface area contributed by atoms with E-state index in [0.717, 1.165) is 39.0 Å². The second-order valence-electron chi connectivity index (χ2n) is 6.81. The third-order valence-corrected chi connectivity index (χ3v) is 5.25. The summed E-state index contributed by atoms with van der Waals surface area (Å²) in [6, 6.07) is 0. The number of nitrogens with zero attached hydrogens (tertiary/aromatic N) is 1. The normalized spacial score (nSPS) is 31.4. The molecule has 122 valence electrons. The second kappa shape index (κ2) is 7.80. The van der Waals surface area contributed by atoms with Gasteiger partial charge in [-0.05, 0) is 31.6 Å². The first-order chi connectivity index (χ1) is 9.74. The topological polar surface area (TPSA) is 41.6 Å². The van der Waals surface area contributed by atoms with Gasteiger partial charge in [0.1, 0.15) is 6.10 Å². The zero-order chi connectivity index (χ0) is 13.9. The maximum Gasteiger partial charge on any atom is 0.251 e. The third kappa shape index (κ3) is 4.11. The highest BCUT2D eigenvalue weighted by Gasteiger charge is 2.39. The lowest BCUT2D eigenvalue weighted by molar-refractivity contribution is -0.145. The van der Waals surface area contributed by atoms with Crippen LogP contribution in [-0.4, -0.2) is 49.2 Å². The van der Waals surface area contributed by atoms with Crippen LogP contribution in [-0.2, 0) is 9.53 Å². The highest BCUT2D eigenvalue weighted by atomic mass is 35.5. The minimum Gasteiger partial charge on any atom is -0.365 e. The van der Waals surface area contributed by atoms with E-state index in [1.165, 1.54) is 25.7 Å². The molecule has 21 heavy (non-hydrogen) atoms. The van der Waals surface area contributed by atoms with Crippen LogP contribution in [0.2, 0.25) is 0 Å². The van der Waals surface area contributed by atoms with Crippen molar-refractivity contribution in [2.75, 3.05) is 26.2 Å². The number of hydrogen-bond acceptors (Lipinski definition) is 3. The minimum absolute atomic E-state index is 0. The van der Waals surface area contributed by atoms with E-state index in [1.54, 1.807) is 0 Å². The molecule has 5 heteroatoms. The van der Waals surface area contributed by atoms with Gasteiger partial charge in [-0.2, -0.15) is 0 Å². The number of carbonyl (C=O) groups is 1. The van der Waals surface area contributed by atoms with E-state index in [1.807, 2.05) is 11.8 Å². The average molecular weight is 317 g/mol. The monoisotopic (exact) mass is 316 g/mol. The molecule has 3 atom stereocenters. The lowest BCUT2D eigenvalue weighted by Crippen LogP contribution is -2.40. The van der Waals surface area contributed by atoms with E-state index in [2.05, 4.69) is 5.32 Å². The van der Waals surface area contributed by atoms with E-state index in [9.17, 15) is 4.79 Å². The number of hydrogen-bond donors (Lipinski definition) is 1. The molecule has 3 rings (SSSR count). The van der Waals surface area contributed by atoms with E-state index in [0.29, 0.717) is 17.9 Å². The molecule has 1 saturated carbocycles. The molecule has 0 aromatic carbocycles. The summed E-state index contributed by atoms with van der Waals surface area (Å²) < 4.78 is 6.06. The molecule has 1 amide bonds. The third-order valence-electron chi connectivity index (χ3n) is 5.25. The molecule has 0 aromatic rings. The van der Waals surface area contributed by atoms with Crippen LogP contribution >= 0.6 is 12.4 Å². The fraction of sp³-hybridized carbons (Fsp3) is 0.938. The summed E-state index contributed by atoms with van der Waals surface area (Å²) in [6.07, 6.45) is 7.47. The Kier molecular flexibility index (Phi) is 6.33. The Bertz CT molecular complexity index is 333. The Morgan fingerprint density at radius 2 is 1.67 bits per heavy atom. The van der Waals surface area contributed by atoms with Crippen LogP contribution < -0.4 is 5.32 Å². The van der Waals surface area contributed by atoms with Crippen molar-refractivity contribution in [3.8, 4) is 0 Å². The first-order valence-electron chi connectivity index (χ1n) is 8.39. The van der Waals surface area contributed by atoms with Crippen molar-refractivity contribution in [2.45, 2.75) is 57.7 Å². The average Bonchev–Trinajstić information content (AvgIpc) is 2.93. The number of carbonyl (C=O) groups excluding carboxylic acids is 1. The molecular formula is C16H29ClN2O2. The Labute approximate surface area is 134 Å². The zero-order valence-corrected chi connectivity index (χ0v) is 13.9. The molecule has 2 aliphatic heterocycles. The smallest absolute Gasteiger partial charge is 0.251 e. The summed E-state index contributed by atoms with van der Waals surface area (Å²) in [4.78, 5) is 14.6. The van der Waals surface area contributed by atoms with Crippen molar-refractivity contribution < 1.29 is 9.53 Å². The number of amides is 1. The summed E-state index contributed by atoms with van der Waals surface area (Å²) >= 11 is 0. The first kappa shape index (κ1) is 17.0. The molecule has 0 bridgehead atoms. The second-order valence-corrected chi connectivity index (χ2v) is 6.81. The van der Waals surface area contributed by atoms with Gasteiger partial charge in [0.25, 0.3) is 5.91 Å². The summed E-state index contributed by atoms with van der Waals surface area (Å²) in [5, 5.41) is 3.42. The first-order valence-corrected chi connectivity index (χ1v) is 8.39. The zero-order valence-electron chi connectivity index (χ0n) is 13.1. The molecule has 0 radical (unpaired) electrons. The molecular weight excluding hydrogens is 288 g/mol. The predicted molar refractivity (Wildman–Crippen MR) is 85.7 cm³/mol. The Morgan fingerprint density at radius 1 is 1.10 bits per heavy atom. The van der Waals surface area contributed by atoms with Gasteiger partial charge in [-0.1, -0.05) is 25.7 Å². The molecule has 3 aliphatic rings. The van der Waals surface area contributed by atoms with Crippen LogP contribution in [0.1, 0.15) is 45.4 Å². The highest BCUT2D eigenvalue weighted by molar-refractivity contribution is 5.85. The number of likely N-dealkylation sites (tertiary alicyclic amines) is 1. The van der Waals surface area contributed by atoms with E-state index >= 15 is 0 Å². The molecule has 1 N–H and O–H groups in total. The molecule has 2 saturated heterocycles. The Balaban J connectivity index is 0.00000161. The van der Waals surface area contributed by atoms with E-state index in [-0.39, 0.29) is 24.4 Å². The van der Waals surface area contributed by atoms with Crippen LogP contribution in [0.3, 0.4) is 0 Å². The summed E-state index contributed by atoms with van der Waals surface area (Å²) in [6.45, 7) is 5.95. The number of nitrogens with one attached hydrogen (secondary N) is 1. The maximum absolute atomic E-state index is 12.5. The van der Waals surface area contributed by atoms with Gasteiger partial charge in [0.05, 0.1) is 6.10 Å². The van der Waals surface area contributed by atoms with Crippen molar-refractivity contribution in [1.82, 2.24) is 10.2 Å². The molecule has 0 aromatic heterocycles. The molecule has 2 heterocycles.